The third kappa shape index (κ3) is 7.79. The lowest BCUT2D eigenvalue weighted by atomic mass is 10.0. The van der Waals surface area contributed by atoms with E-state index in [0.29, 0.717) is 18.5 Å². The first-order valence-corrected chi connectivity index (χ1v) is 14.1. The number of anilines is 1. The van der Waals surface area contributed by atoms with Crippen molar-refractivity contribution in [3.05, 3.63) is 42.1 Å². The Balaban J connectivity index is 1.12. The van der Waals surface area contributed by atoms with E-state index < -0.39 is 0 Å². The SMILES string of the molecule is C=C(CCC(=O)N1CCN(C2CCOCC2)CC1)N1CCC(N(C)CCc2ccccc2NC=O)CC1. The number of para-hydroxylation sites is 1. The second-order valence-electron chi connectivity index (χ2n) is 10.7. The summed E-state index contributed by atoms with van der Waals surface area (Å²) in [5.74, 6) is 0.270. The molecule has 4 rings (SSSR count). The van der Waals surface area contributed by atoms with Gasteiger partial charge in [-0.15, -0.1) is 0 Å². The lowest BCUT2D eigenvalue weighted by Crippen LogP contribution is -2.53. The Morgan fingerprint density at radius 2 is 1.73 bits per heavy atom. The van der Waals surface area contributed by atoms with Gasteiger partial charge in [0.2, 0.25) is 12.3 Å². The lowest BCUT2D eigenvalue weighted by molar-refractivity contribution is -0.133. The van der Waals surface area contributed by atoms with Crippen LogP contribution in [0.5, 0.6) is 0 Å². The minimum absolute atomic E-state index is 0.270. The van der Waals surface area contributed by atoms with Crippen LogP contribution in [0.15, 0.2) is 36.5 Å². The lowest BCUT2D eigenvalue weighted by Gasteiger charge is -2.41. The average molecular weight is 512 g/mol. The maximum atomic E-state index is 12.9. The molecule has 3 fully saturated rings. The molecule has 3 aliphatic rings. The van der Waals surface area contributed by atoms with Crippen molar-refractivity contribution in [2.75, 3.05) is 71.4 Å². The number of carbonyl (C=O) groups excluding carboxylic acids is 2. The molecule has 8 nitrogen and oxygen atoms in total. The molecule has 0 saturated carbocycles. The molecule has 1 N–H and O–H groups in total. The fourth-order valence-electron chi connectivity index (χ4n) is 6.00. The fourth-order valence-corrected chi connectivity index (χ4v) is 6.00. The van der Waals surface area contributed by atoms with Crippen LogP contribution in [0, 0.1) is 0 Å². The molecular weight excluding hydrogens is 466 g/mol. The standard InChI is InChI=1S/C29H45N5O3/c1-24(7-8-29(36)34-19-17-33(18-20-34)27-12-21-37-22-13-27)32-15-10-26(11-16-32)31(2)14-9-25-5-3-4-6-28(25)30-23-35/h3-6,23,26-27H,1,7-22H2,2H3,(H,30,35). The molecule has 0 spiro atoms. The van der Waals surface area contributed by atoms with E-state index in [0.717, 1.165) is 115 Å². The van der Waals surface area contributed by atoms with Crippen LogP contribution in [0.3, 0.4) is 0 Å². The van der Waals surface area contributed by atoms with Gasteiger partial charge in [0.05, 0.1) is 0 Å². The second kappa shape index (κ2) is 13.9. The molecule has 8 heteroatoms. The number of hydrogen-bond acceptors (Lipinski definition) is 6. The Morgan fingerprint density at radius 1 is 1.03 bits per heavy atom. The van der Waals surface area contributed by atoms with Crippen molar-refractivity contribution < 1.29 is 14.3 Å². The molecule has 1 aromatic rings. The van der Waals surface area contributed by atoms with Crippen molar-refractivity contribution in [1.82, 2.24) is 19.6 Å². The molecule has 0 unspecified atom stereocenters. The summed E-state index contributed by atoms with van der Waals surface area (Å²) in [6.45, 7) is 12.7. The van der Waals surface area contributed by atoms with Crippen LogP contribution in [0.2, 0.25) is 0 Å². The highest BCUT2D eigenvalue weighted by molar-refractivity contribution is 5.76. The normalized spacial score (nSPS) is 20.3. The van der Waals surface area contributed by atoms with Gasteiger partial charge in [-0.3, -0.25) is 14.5 Å². The third-order valence-electron chi connectivity index (χ3n) is 8.50. The van der Waals surface area contributed by atoms with Crippen LogP contribution in [0.1, 0.15) is 44.1 Å². The Morgan fingerprint density at radius 3 is 2.43 bits per heavy atom. The summed E-state index contributed by atoms with van der Waals surface area (Å²) < 4.78 is 5.49. The van der Waals surface area contributed by atoms with Gasteiger partial charge in [-0.05, 0) is 57.2 Å². The molecule has 1 aromatic carbocycles. The smallest absolute Gasteiger partial charge is 0.223 e. The second-order valence-corrected chi connectivity index (χ2v) is 10.7. The molecule has 0 atom stereocenters. The van der Waals surface area contributed by atoms with Crippen LogP contribution in [0.4, 0.5) is 5.69 Å². The van der Waals surface area contributed by atoms with Gasteiger partial charge in [-0.2, -0.15) is 0 Å². The number of nitrogens with one attached hydrogen (secondary N) is 1. The van der Waals surface area contributed by atoms with Crippen LogP contribution in [0.25, 0.3) is 0 Å². The fraction of sp³-hybridized carbons (Fsp3) is 0.655. The van der Waals surface area contributed by atoms with Crippen molar-refractivity contribution in [1.29, 1.82) is 0 Å². The number of piperidine rings is 1. The Hall–Kier alpha value is -2.42. The zero-order valence-electron chi connectivity index (χ0n) is 22.6. The van der Waals surface area contributed by atoms with E-state index in [1.54, 1.807) is 0 Å². The number of carbonyl (C=O) groups is 2. The maximum absolute atomic E-state index is 12.9. The van der Waals surface area contributed by atoms with Crippen molar-refractivity contribution in [3.63, 3.8) is 0 Å². The Kier molecular flexibility index (Phi) is 10.4. The van der Waals surface area contributed by atoms with E-state index in [2.05, 4.69) is 39.7 Å². The highest BCUT2D eigenvalue weighted by Crippen LogP contribution is 2.23. The molecule has 0 radical (unpaired) electrons. The number of hydrogen-bond donors (Lipinski definition) is 1. The summed E-state index contributed by atoms with van der Waals surface area (Å²) in [4.78, 5) is 33.2. The van der Waals surface area contributed by atoms with Crippen LogP contribution < -0.4 is 5.32 Å². The Labute approximate surface area is 222 Å². The monoisotopic (exact) mass is 511 g/mol. The number of likely N-dealkylation sites (N-methyl/N-ethyl adjacent to an activating group) is 1. The summed E-state index contributed by atoms with van der Waals surface area (Å²) in [6, 6.07) is 9.18. The van der Waals surface area contributed by atoms with E-state index in [4.69, 9.17) is 4.74 Å². The molecule has 37 heavy (non-hydrogen) atoms. The minimum Gasteiger partial charge on any atom is -0.381 e. The third-order valence-corrected chi connectivity index (χ3v) is 8.50. The molecule has 3 aliphatic heterocycles. The van der Waals surface area contributed by atoms with Gasteiger partial charge in [-0.1, -0.05) is 24.8 Å². The van der Waals surface area contributed by atoms with Gasteiger partial charge in [-0.25, -0.2) is 0 Å². The number of ether oxygens (including phenoxy) is 1. The predicted octanol–water partition coefficient (Wildman–Crippen LogP) is 2.81. The molecule has 3 heterocycles. The minimum atomic E-state index is 0.270. The molecular formula is C29H45N5O3. The van der Waals surface area contributed by atoms with Crippen LogP contribution >= 0.6 is 0 Å². The van der Waals surface area contributed by atoms with Crippen molar-refractivity contribution in [2.45, 2.75) is 57.0 Å². The quantitative estimate of drug-likeness (QED) is 0.461. The first-order valence-electron chi connectivity index (χ1n) is 14.1. The maximum Gasteiger partial charge on any atom is 0.223 e. The van der Waals surface area contributed by atoms with E-state index in [1.807, 2.05) is 23.1 Å². The van der Waals surface area contributed by atoms with E-state index in [9.17, 15) is 9.59 Å². The van der Waals surface area contributed by atoms with Crippen molar-refractivity contribution in [3.8, 4) is 0 Å². The molecule has 0 aliphatic carbocycles. The highest BCUT2D eigenvalue weighted by atomic mass is 16.5. The number of allylic oxidation sites excluding steroid dienone is 1. The zero-order chi connectivity index (χ0) is 26.0. The van der Waals surface area contributed by atoms with Crippen molar-refractivity contribution >= 4 is 18.0 Å². The van der Waals surface area contributed by atoms with E-state index >= 15 is 0 Å². The number of rotatable bonds is 11. The topological polar surface area (TPSA) is 68.4 Å². The van der Waals surface area contributed by atoms with Gasteiger partial charge < -0.3 is 24.8 Å². The number of nitrogens with zero attached hydrogens (tertiary/aromatic N) is 4. The van der Waals surface area contributed by atoms with E-state index in [-0.39, 0.29) is 5.91 Å². The number of benzene rings is 1. The molecule has 0 aromatic heterocycles. The van der Waals surface area contributed by atoms with Crippen LogP contribution in [-0.4, -0.2) is 110 Å². The zero-order valence-corrected chi connectivity index (χ0v) is 22.6. The van der Waals surface area contributed by atoms with Gasteiger partial charge in [0.1, 0.15) is 0 Å². The van der Waals surface area contributed by atoms with Gasteiger partial charge in [0.25, 0.3) is 0 Å². The van der Waals surface area contributed by atoms with Gasteiger partial charge >= 0.3 is 0 Å². The first kappa shape index (κ1) is 27.6. The first-order chi connectivity index (χ1) is 18.0. The largest absolute Gasteiger partial charge is 0.381 e. The average Bonchev–Trinajstić information content (AvgIpc) is 2.96. The molecule has 0 bridgehead atoms. The van der Waals surface area contributed by atoms with Gasteiger partial charge in [0, 0.05) is 88.9 Å². The predicted molar refractivity (Wildman–Crippen MR) is 147 cm³/mol. The Bertz CT molecular complexity index is 887. The van der Waals surface area contributed by atoms with Gasteiger partial charge in [0.15, 0.2) is 0 Å². The summed E-state index contributed by atoms with van der Waals surface area (Å²) in [5, 5.41) is 2.81. The van der Waals surface area contributed by atoms with E-state index in [1.165, 1.54) is 5.56 Å². The summed E-state index contributed by atoms with van der Waals surface area (Å²) in [6.07, 6.45) is 7.40. The number of amides is 2. The molecule has 204 valence electrons. The summed E-state index contributed by atoms with van der Waals surface area (Å²) in [7, 11) is 2.20. The molecule has 2 amide bonds. The molecule has 3 saturated heterocycles. The highest BCUT2D eigenvalue weighted by Gasteiger charge is 2.28. The number of piperazine rings is 1. The summed E-state index contributed by atoms with van der Waals surface area (Å²) >= 11 is 0. The summed E-state index contributed by atoms with van der Waals surface area (Å²) in [5.41, 5.74) is 3.17. The van der Waals surface area contributed by atoms with Crippen molar-refractivity contribution in [2.24, 2.45) is 0 Å². The van der Waals surface area contributed by atoms with Crippen LogP contribution in [-0.2, 0) is 20.7 Å². The number of likely N-dealkylation sites (tertiary alicyclic amines) is 1.